The van der Waals surface area contributed by atoms with Gasteiger partial charge in [-0.1, -0.05) is 12.1 Å². The molecule has 0 saturated carbocycles. The third-order valence-corrected chi connectivity index (χ3v) is 2.40. The van der Waals surface area contributed by atoms with Crippen LogP contribution in [0.1, 0.15) is 18.0 Å². The van der Waals surface area contributed by atoms with Crippen molar-refractivity contribution in [2.75, 3.05) is 6.54 Å². The standard InChI is InChI=1S/C10H13NO2.ClH/c12-8-3-1-7(2-4-8)10-5-9(13)6-11-10;/h1-4,9-13H,5-6H2;1H. The van der Waals surface area contributed by atoms with Gasteiger partial charge >= 0.3 is 0 Å². The Bertz CT molecular complexity index is 289. The van der Waals surface area contributed by atoms with Crippen molar-refractivity contribution in [1.82, 2.24) is 5.32 Å². The second-order valence-corrected chi connectivity index (χ2v) is 3.44. The second kappa shape index (κ2) is 4.64. The van der Waals surface area contributed by atoms with E-state index in [0.29, 0.717) is 6.54 Å². The highest BCUT2D eigenvalue weighted by molar-refractivity contribution is 5.85. The molecule has 3 N–H and O–H groups in total. The smallest absolute Gasteiger partial charge is 0.115 e. The number of benzene rings is 1. The second-order valence-electron chi connectivity index (χ2n) is 3.44. The summed E-state index contributed by atoms with van der Waals surface area (Å²) in [5.74, 6) is 0.280. The molecule has 1 aromatic carbocycles. The van der Waals surface area contributed by atoms with Gasteiger partial charge in [-0.05, 0) is 24.1 Å². The zero-order chi connectivity index (χ0) is 9.26. The number of hydrogen-bond donors (Lipinski definition) is 3. The fraction of sp³-hybridized carbons (Fsp3) is 0.400. The number of phenolic OH excluding ortho intramolecular Hbond substituents is 1. The average molecular weight is 216 g/mol. The van der Waals surface area contributed by atoms with Crippen LogP contribution in [0.15, 0.2) is 24.3 Å². The predicted octanol–water partition coefficient (Wildman–Crippen LogP) is 1.21. The predicted molar refractivity (Wildman–Crippen MR) is 56.7 cm³/mol. The number of aliphatic hydroxyl groups excluding tert-OH is 1. The Balaban J connectivity index is 0.000000980. The Kier molecular flexibility index (Phi) is 3.75. The van der Waals surface area contributed by atoms with Crippen LogP contribution in [0.3, 0.4) is 0 Å². The molecule has 0 spiro atoms. The van der Waals surface area contributed by atoms with E-state index in [1.165, 1.54) is 0 Å². The number of halogens is 1. The first-order valence-corrected chi connectivity index (χ1v) is 4.46. The monoisotopic (exact) mass is 215 g/mol. The molecule has 1 aliphatic rings. The molecule has 78 valence electrons. The number of rotatable bonds is 1. The molecule has 1 aromatic rings. The largest absolute Gasteiger partial charge is 0.508 e. The number of phenols is 1. The average Bonchev–Trinajstić information content (AvgIpc) is 2.53. The molecule has 0 radical (unpaired) electrons. The van der Waals surface area contributed by atoms with Crippen LogP contribution in [0.25, 0.3) is 0 Å². The SMILES string of the molecule is Cl.Oc1ccc(C2CC(O)CN2)cc1. The van der Waals surface area contributed by atoms with Crippen LogP contribution in [-0.2, 0) is 0 Å². The van der Waals surface area contributed by atoms with E-state index in [0.717, 1.165) is 12.0 Å². The minimum absolute atomic E-state index is 0. The van der Waals surface area contributed by atoms with Crippen molar-refractivity contribution < 1.29 is 10.2 Å². The maximum atomic E-state index is 9.30. The van der Waals surface area contributed by atoms with Crippen LogP contribution in [-0.4, -0.2) is 22.9 Å². The zero-order valence-electron chi connectivity index (χ0n) is 7.68. The fourth-order valence-electron chi connectivity index (χ4n) is 1.68. The van der Waals surface area contributed by atoms with Gasteiger partial charge in [-0.2, -0.15) is 0 Å². The van der Waals surface area contributed by atoms with Crippen molar-refractivity contribution in [3.8, 4) is 5.75 Å². The lowest BCUT2D eigenvalue weighted by molar-refractivity contribution is 0.193. The first-order chi connectivity index (χ1) is 6.25. The Morgan fingerprint density at radius 1 is 1.21 bits per heavy atom. The summed E-state index contributed by atoms with van der Waals surface area (Å²) in [6.07, 6.45) is 0.518. The molecule has 2 atom stereocenters. The molecule has 2 unspecified atom stereocenters. The maximum Gasteiger partial charge on any atom is 0.115 e. The summed E-state index contributed by atoms with van der Waals surface area (Å²) in [6, 6.07) is 7.33. The Morgan fingerprint density at radius 3 is 2.36 bits per heavy atom. The van der Waals surface area contributed by atoms with Crippen LogP contribution in [0, 0.1) is 0 Å². The summed E-state index contributed by atoms with van der Waals surface area (Å²) in [5.41, 5.74) is 1.12. The van der Waals surface area contributed by atoms with E-state index in [-0.39, 0.29) is 30.3 Å². The summed E-state index contributed by atoms with van der Waals surface area (Å²) in [6.45, 7) is 0.658. The third-order valence-electron chi connectivity index (χ3n) is 2.40. The van der Waals surface area contributed by atoms with Gasteiger partial charge in [-0.15, -0.1) is 12.4 Å². The van der Waals surface area contributed by atoms with E-state index < -0.39 is 0 Å². The lowest BCUT2D eigenvalue weighted by Crippen LogP contribution is -2.14. The van der Waals surface area contributed by atoms with E-state index in [2.05, 4.69) is 5.32 Å². The number of nitrogens with one attached hydrogen (secondary N) is 1. The molecular weight excluding hydrogens is 202 g/mol. The topological polar surface area (TPSA) is 52.5 Å². The van der Waals surface area contributed by atoms with Crippen molar-refractivity contribution in [3.05, 3.63) is 29.8 Å². The molecule has 3 nitrogen and oxygen atoms in total. The third kappa shape index (κ3) is 2.38. The Labute approximate surface area is 89.2 Å². The quantitative estimate of drug-likeness (QED) is 0.660. The van der Waals surface area contributed by atoms with Crippen molar-refractivity contribution in [3.63, 3.8) is 0 Å². The van der Waals surface area contributed by atoms with Crippen LogP contribution in [0.5, 0.6) is 5.75 Å². The van der Waals surface area contributed by atoms with Gasteiger partial charge in [0.1, 0.15) is 5.75 Å². The summed E-state index contributed by atoms with van der Waals surface area (Å²) in [4.78, 5) is 0. The molecule has 1 aliphatic heterocycles. The van der Waals surface area contributed by atoms with Gasteiger partial charge in [-0.3, -0.25) is 0 Å². The normalized spacial score (nSPS) is 25.8. The first kappa shape index (κ1) is 11.3. The van der Waals surface area contributed by atoms with E-state index in [1.807, 2.05) is 12.1 Å². The van der Waals surface area contributed by atoms with Gasteiger partial charge < -0.3 is 15.5 Å². The number of β-amino-alcohol motifs (C(OH)–C–C–N with tert-alkyl or cyclic N) is 1. The van der Waals surface area contributed by atoms with Crippen LogP contribution in [0.4, 0.5) is 0 Å². The van der Waals surface area contributed by atoms with Gasteiger partial charge in [0.25, 0.3) is 0 Å². The minimum atomic E-state index is -0.237. The molecule has 1 heterocycles. The molecule has 0 aromatic heterocycles. The first-order valence-electron chi connectivity index (χ1n) is 4.46. The van der Waals surface area contributed by atoms with E-state index in [9.17, 15) is 5.11 Å². The van der Waals surface area contributed by atoms with E-state index in [4.69, 9.17) is 5.11 Å². The van der Waals surface area contributed by atoms with Gasteiger partial charge in [-0.25, -0.2) is 0 Å². The maximum absolute atomic E-state index is 9.30. The van der Waals surface area contributed by atoms with Crippen LogP contribution in [0.2, 0.25) is 0 Å². The lowest BCUT2D eigenvalue weighted by Gasteiger charge is -2.09. The molecule has 1 saturated heterocycles. The molecule has 2 rings (SSSR count). The van der Waals surface area contributed by atoms with Gasteiger partial charge in [0.05, 0.1) is 6.10 Å². The Morgan fingerprint density at radius 2 is 1.86 bits per heavy atom. The van der Waals surface area contributed by atoms with Crippen molar-refractivity contribution in [1.29, 1.82) is 0 Å². The molecular formula is C10H14ClNO2. The Hall–Kier alpha value is -0.770. The molecule has 0 amide bonds. The molecule has 0 bridgehead atoms. The molecule has 14 heavy (non-hydrogen) atoms. The summed E-state index contributed by atoms with van der Waals surface area (Å²) >= 11 is 0. The number of aliphatic hydroxyl groups is 1. The van der Waals surface area contributed by atoms with Crippen molar-refractivity contribution >= 4 is 12.4 Å². The van der Waals surface area contributed by atoms with E-state index >= 15 is 0 Å². The van der Waals surface area contributed by atoms with Crippen LogP contribution < -0.4 is 5.32 Å². The number of hydrogen-bond acceptors (Lipinski definition) is 3. The van der Waals surface area contributed by atoms with E-state index in [1.54, 1.807) is 12.1 Å². The number of aromatic hydroxyl groups is 1. The molecule has 1 fully saturated rings. The highest BCUT2D eigenvalue weighted by atomic mass is 35.5. The lowest BCUT2D eigenvalue weighted by atomic mass is 10.0. The minimum Gasteiger partial charge on any atom is -0.508 e. The summed E-state index contributed by atoms with van der Waals surface area (Å²) in [5, 5.41) is 21.6. The summed E-state index contributed by atoms with van der Waals surface area (Å²) in [7, 11) is 0. The fourth-order valence-corrected chi connectivity index (χ4v) is 1.68. The van der Waals surface area contributed by atoms with Crippen molar-refractivity contribution in [2.24, 2.45) is 0 Å². The summed E-state index contributed by atoms with van der Waals surface area (Å²) < 4.78 is 0. The molecule has 4 heteroatoms. The van der Waals surface area contributed by atoms with Gasteiger partial charge in [0.2, 0.25) is 0 Å². The van der Waals surface area contributed by atoms with Gasteiger partial charge in [0, 0.05) is 12.6 Å². The molecule has 0 aliphatic carbocycles. The zero-order valence-corrected chi connectivity index (χ0v) is 8.50. The van der Waals surface area contributed by atoms with Crippen LogP contribution >= 0.6 is 12.4 Å². The highest BCUT2D eigenvalue weighted by Crippen LogP contribution is 2.24. The highest BCUT2D eigenvalue weighted by Gasteiger charge is 2.22. The van der Waals surface area contributed by atoms with Crippen molar-refractivity contribution in [2.45, 2.75) is 18.6 Å². The van der Waals surface area contributed by atoms with Gasteiger partial charge in [0.15, 0.2) is 0 Å².